The highest BCUT2D eigenvalue weighted by Crippen LogP contribution is 1.79. The summed E-state index contributed by atoms with van der Waals surface area (Å²) in [5, 5.41) is 8.89. The van der Waals surface area contributed by atoms with Crippen molar-refractivity contribution in [1.29, 1.82) is 0 Å². The lowest BCUT2D eigenvalue weighted by Crippen LogP contribution is -2.23. The van der Waals surface area contributed by atoms with E-state index in [-0.39, 0.29) is 9.13 Å². The predicted octanol–water partition coefficient (Wildman–Crippen LogP) is -0.911. The van der Waals surface area contributed by atoms with E-state index in [1.54, 1.807) is 0 Å². The standard InChI is InChI=1S/C6H11N2.C2H4O2/c1-3-8-5-4-7(2)6-8;1-2(3)4/h4-6H,3H2,1-2H3;1H3,(H,3,4)/q+1;/p-1/i1D3,2D3,3D2,4D,5D,6D;. The third-order valence-corrected chi connectivity index (χ3v) is 0.585. The van der Waals surface area contributed by atoms with Crippen LogP contribution in [-0.2, 0) is 18.3 Å². The molecule has 0 N–H and O–H groups in total. The van der Waals surface area contributed by atoms with E-state index in [9.17, 15) is 0 Å². The predicted molar refractivity (Wildman–Crippen MR) is 42.0 cm³/mol. The monoisotopic (exact) mass is 181 g/mol. The lowest BCUT2D eigenvalue weighted by Gasteiger charge is -1.81. The second-order valence-corrected chi connectivity index (χ2v) is 1.60. The molecular formula is C8H14N2O2. The number of rotatable bonds is 1. The minimum Gasteiger partial charge on any atom is -0.550 e. The first-order valence-electron chi connectivity index (χ1n) is 8.25. The molecule has 0 amide bonds. The van der Waals surface area contributed by atoms with Gasteiger partial charge in [-0.15, -0.1) is 0 Å². The van der Waals surface area contributed by atoms with E-state index in [1.165, 1.54) is 0 Å². The third kappa shape index (κ3) is 5.46. The van der Waals surface area contributed by atoms with Crippen molar-refractivity contribution in [2.24, 2.45) is 6.98 Å². The number of carbonyl (C=O) groups is 1. The fraction of sp³-hybridized carbons (Fsp3) is 0.500. The van der Waals surface area contributed by atoms with Crippen LogP contribution in [0.3, 0.4) is 0 Å². The van der Waals surface area contributed by atoms with Gasteiger partial charge in [0.2, 0.25) is 6.30 Å². The van der Waals surface area contributed by atoms with Crippen molar-refractivity contribution in [3.63, 3.8) is 0 Å². The summed E-state index contributed by atoms with van der Waals surface area (Å²) in [7, 11) is 0. The van der Waals surface area contributed by atoms with Crippen LogP contribution in [0, 0.1) is 0 Å². The molecule has 0 aliphatic heterocycles. The van der Waals surface area contributed by atoms with Crippen molar-refractivity contribution >= 4 is 5.97 Å². The quantitative estimate of drug-likeness (QED) is 0.527. The number of carboxylic acid groups (broad SMARTS) is 1. The van der Waals surface area contributed by atoms with Crippen molar-refractivity contribution in [1.82, 2.24) is 4.57 Å². The Morgan fingerprint density at radius 1 is 2.00 bits per heavy atom. The molecule has 1 aromatic heterocycles. The molecule has 0 saturated carbocycles. The molecule has 0 fully saturated rings. The van der Waals surface area contributed by atoms with Gasteiger partial charge in [-0.3, -0.25) is 0 Å². The highest BCUT2D eigenvalue weighted by molar-refractivity contribution is 5.60. The molecule has 12 heavy (non-hydrogen) atoms. The first-order chi connectivity index (χ1) is 9.96. The fourth-order valence-electron chi connectivity index (χ4n) is 0.303. The average molecular weight is 181 g/mol. The molecule has 0 spiro atoms. The van der Waals surface area contributed by atoms with E-state index < -0.39 is 44.9 Å². The molecule has 1 aromatic rings. The summed E-state index contributed by atoms with van der Waals surface area (Å²) in [5.41, 5.74) is 0. The topological polar surface area (TPSA) is 48.9 Å². The summed E-state index contributed by atoms with van der Waals surface area (Å²) in [6.07, 6.45) is -3.00. The van der Waals surface area contributed by atoms with Gasteiger partial charge in [-0.1, -0.05) is 0 Å². The van der Waals surface area contributed by atoms with E-state index in [2.05, 4.69) is 0 Å². The molecule has 0 aliphatic rings. The molecule has 4 nitrogen and oxygen atoms in total. The van der Waals surface area contributed by atoms with E-state index in [0.29, 0.717) is 0 Å². The molecule has 1 heterocycles. The van der Waals surface area contributed by atoms with Gasteiger partial charge in [0.1, 0.15) is 15.1 Å². The fourth-order valence-corrected chi connectivity index (χ4v) is 0.303. The van der Waals surface area contributed by atoms with Crippen molar-refractivity contribution < 1.29 is 29.5 Å². The van der Waals surface area contributed by atoms with Crippen LogP contribution in [0.4, 0.5) is 0 Å². The minimum atomic E-state index is -3.21. The molecule has 0 aromatic carbocycles. The Balaban J connectivity index is 0.00000108. The summed E-state index contributed by atoms with van der Waals surface area (Å²) in [6.45, 7) is -8.37. The Hall–Kier alpha value is -1.32. The Labute approximate surface area is 87.5 Å². The number of aliphatic carboxylic acids is 1. The lowest BCUT2D eigenvalue weighted by atomic mass is 10.7. The summed E-state index contributed by atoms with van der Waals surface area (Å²) >= 11 is 0. The number of nitrogens with zero attached hydrogens (tertiary/aromatic N) is 2. The zero-order valence-electron chi connectivity index (χ0n) is 17.2. The highest BCUT2D eigenvalue weighted by Gasteiger charge is 1.92. The molecule has 0 unspecified atom stereocenters. The van der Waals surface area contributed by atoms with Crippen LogP contribution in [0.5, 0.6) is 0 Å². The summed E-state index contributed by atoms with van der Waals surface area (Å²) < 4.78 is 80.1. The van der Waals surface area contributed by atoms with Crippen molar-refractivity contribution in [3.8, 4) is 0 Å². The second kappa shape index (κ2) is 5.35. The molecule has 1 rings (SSSR count). The average Bonchev–Trinajstić information content (AvgIpc) is 2.46. The van der Waals surface area contributed by atoms with Crippen LogP contribution in [0.2, 0.25) is 0 Å². The maximum atomic E-state index is 8.89. The van der Waals surface area contributed by atoms with E-state index in [1.807, 2.05) is 0 Å². The first kappa shape index (κ1) is 2.34. The van der Waals surface area contributed by atoms with Crippen LogP contribution < -0.4 is 9.67 Å². The Kier molecular flexibility index (Phi) is 1.04. The molecule has 68 valence electrons. The molecule has 0 bridgehead atoms. The molecule has 0 saturated heterocycles. The number of imidazole rings is 1. The second-order valence-electron chi connectivity index (χ2n) is 1.60. The minimum absolute atomic E-state index is 0.0781. The first-order valence-corrected chi connectivity index (χ1v) is 2.75. The van der Waals surface area contributed by atoms with Gasteiger partial charge in [-0.25, -0.2) is 9.13 Å². The third-order valence-electron chi connectivity index (χ3n) is 0.585. The number of hydrogen-bond donors (Lipinski definition) is 0. The van der Waals surface area contributed by atoms with Crippen LogP contribution in [-0.4, -0.2) is 10.5 Å². The Morgan fingerprint density at radius 3 is 3.08 bits per heavy atom. The van der Waals surface area contributed by atoms with E-state index >= 15 is 0 Å². The zero-order chi connectivity index (χ0) is 19.0. The van der Waals surface area contributed by atoms with Crippen molar-refractivity contribution in [2.75, 3.05) is 0 Å². The maximum absolute atomic E-state index is 8.89. The molecule has 0 atom stereocenters. The smallest absolute Gasteiger partial charge is 0.243 e. The van der Waals surface area contributed by atoms with Gasteiger partial charge in [-0.2, -0.15) is 0 Å². The van der Waals surface area contributed by atoms with Gasteiger partial charge in [0.15, 0.2) is 1.37 Å². The SMILES string of the molecule is CC(=O)[O-].[2H]c1c([2H])[n+](C([2H])([2H])[2H])c([2H])n1C([2H])([2H])C([2H])([2H])[2H]. The molecule has 4 heteroatoms. The van der Waals surface area contributed by atoms with Gasteiger partial charge < -0.3 is 9.90 Å². The maximum Gasteiger partial charge on any atom is 0.243 e. The summed E-state index contributed by atoms with van der Waals surface area (Å²) in [5.74, 6) is -1.08. The summed E-state index contributed by atoms with van der Waals surface area (Å²) in [4.78, 5) is 8.89. The zero-order valence-corrected chi connectivity index (χ0v) is 6.21. The van der Waals surface area contributed by atoms with Gasteiger partial charge in [0, 0.05) is 10.1 Å². The molecule has 0 radical (unpaired) electrons. The Morgan fingerprint density at radius 2 is 2.67 bits per heavy atom. The Bertz CT molecular complexity index is 582. The van der Waals surface area contributed by atoms with Gasteiger partial charge in [0.25, 0.3) is 0 Å². The number of hydrogen-bond acceptors (Lipinski definition) is 2. The number of carboxylic acids is 1. The van der Waals surface area contributed by atoms with E-state index in [4.69, 9.17) is 25.0 Å². The van der Waals surface area contributed by atoms with Gasteiger partial charge in [-0.05, 0) is 13.8 Å². The van der Waals surface area contributed by atoms with Crippen LogP contribution >= 0.6 is 0 Å². The normalized spacial score (nSPS) is 25.2. The van der Waals surface area contributed by atoms with Crippen molar-refractivity contribution in [2.45, 2.75) is 20.3 Å². The van der Waals surface area contributed by atoms with E-state index in [0.717, 1.165) is 6.92 Å². The van der Waals surface area contributed by atoms with Crippen LogP contribution in [0.1, 0.15) is 28.9 Å². The highest BCUT2D eigenvalue weighted by atomic mass is 16.4. The number of carbonyl (C=O) groups excluding carboxylic acids is 1. The van der Waals surface area contributed by atoms with Crippen LogP contribution in [0.25, 0.3) is 0 Å². The largest absolute Gasteiger partial charge is 0.550 e. The lowest BCUT2D eigenvalue weighted by molar-refractivity contribution is -0.671. The molecule has 0 aliphatic carbocycles. The van der Waals surface area contributed by atoms with Crippen LogP contribution in [0.15, 0.2) is 18.6 Å². The summed E-state index contributed by atoms with van der Waals surface area (Å²) in [6, 6.07) is 0. The molecular weight excluding hydrogens is 156 g/mol. The van der Waals surface area contributed by atoms with Gasteiger partial charge >= 0.3 is 0 Å². The number of aromatic nitrogens is 2. The van der Waals surface area contributed by atoms with Gasteiger partial charge in [0.05, 0.1) is 20.3 Å². The van der Waals surface area contributed by atoms with Crippen molar-refractivity contribution in [3.05, 3.63) is 18.6 Å².